The maximum Gasteiger partial charge on any atom is 0.0875 e. The van der Waals surface area contributed by atoms with E-state index in [0.29, 0.717) is 24.2 Å². The third kappa shape index (κ3) is 3.48. The van der Waals surface area contributed by atoms with Crippen molar-refractivity contribution in [3.63, 3.8) is 0 Å². The van der Waals surface area contributed by atoms with Crippen molar-refractivity contribution in [3.05, 3.63) is 47.3 Å². The standard InChI is InChI=1S/C13H18FN/c1-10(2)13-5-3-11(4-6-13)7-12(8-14)9-15/h3-6,8,10H,7,9,15H2,1-2H3/b12-8+. The first-order valence-corrected chi connectivity index (χ1v) is 5.24. The summed E-state index contributed by atoms with van der Waals surface area (Å²) in [4.78, 5) is 0. The second-order valence-electron chi connectivity index (χ2n) is 4.04. The van der Waals surface area contributed by atoms with Gasteiger partial charge < -0.3 is 5.73 Å². The molecule has 82 valence electrons. The zero-order valence-electron chi connectivity index (χ0n) is 9.33. The summed E-state index contributed by atoms with van der Waals surface area (Å²) in [7, 11) is 0. The van der Waals surface area contributed by atoms with Crippen molar-refractivity contribution < 1.29 is 4.39 Å². The quantitative estimate of drug-likeness (QED) is 0.806. The summed E-state index contributed by atoms with van der Waals surface area (Å²) in [6.07, 6.45) is 1.21. The predicted octanol–water partition coefficient (Wildman–Crippen LogP) is 3.16. The summed E-state index contributed by atoms with van der Waals surface area (Å²) in [5.74, 6) is 0.532. The molecule has 2 N–H and O–H groups in total. The lowest BCUT2D eigenvalue weighted by atomic mass is 9.99. The third-order valence-electron chi connectivity index (χ3n) is 2.49. The first-order valence-electron chi connectivity index (χ1n) is 5.24. The number of benzene rings is 1. The molecule has 0 aliphatic carbocycles. The molecule has 0 radical (unpaired) electrons. The van der Waals surface area contributed by atoms with Crippen LogP contribution < -0.4 is 5.73 Å². The van der Waals surface area contributed by atoms with Gasteiger partial charge in [-0.05, 0) is 29.0 Å². The first kappa shape index (κ1) is 11.9. The van der Waals surface area contributed by atoms with Crippen molar-refractivity contribution in [1.82, 2.24) is 0 Å². The molecule has 0 heterocycles. The molecule has 1 aromatic rings. The van der Waals surface area contributed by atoms with Gasteiger partial charge in [-0.2, -0.15) is 0 Å². The van der Waals surface area contributed by atoms with Crippen molar-refractivity contribution in [2.24, 2.45) is 5.73 Å². The highest BCUT2D eigenvalue weighted by Crippen LogP contribution is 2.16. The van der Waals surface area contributed by atoms with Gasteiger partial charge in [-0.3, -0.25) is 0 Å². The zero-order chi connectivity index (χ0) is 11.3. The summed E-state index contributed by atoms with van der Waals surface area (Å²) in [5, 5.41) is 0. The van der Waals surface area contributed by atoms with Gasteiger partial charge >= 0.3 is 0 Å². The van der Waals surface area contributed by atoms with E-state index in [-0.39, 0.29) is 6.54 Å². The second-order valence-corrected chi connectivity index (χ2v) is 4.04. The minimum atomic E-state index is 0.280. The Morgan fingerprint density at radius 1 is 1.33 bits per heavy atom. The molecule has 0 atom stereocenters. The van der Waals surface area contributed by atoms with Crippen LogP contribution in [0.1, 0.15) is 30.9 Å². The molecule has 2 heteroatoms. The van der Waals surface area contributed by atoms with Crippen LogP contribution in [0.25, 0.3) is 0 Å². The molecule has 0 amide bonds. The summed E-state index contributed by atoms with van der Waals surface area (Å²) in [6.45, 7) is 4.59. The van der Waals surface area contributed by atoms with E-state index in [1.54, 1.807) is 0 Å². The zero-order valence-corrected chi connectivity index (χ0v) is 9.33. The predicted molar refractivity (Wildman–Crippen MR) is 62.5 cm³/mol. The topological polar surface area (TPSA) is 26.0 Å². The van der Waals surface area contributed by atoms with Gasteiger partial charge in [0.15, 0.2) is 0 Å². The molecule has 0 aromatic heterocycles. The van der Waals surface area contributed by atoms with Gasteiger partial charge in [0.1, 0.15) is 0 Å². The normalized spacial score (nSPS) is 12.2. The van der Waals surface area contributed by atoms with Gasteiger partial charge in [-0.15, -0.1) is 0 Å². The molecule has 0 saturated carbocycles. The largest absolute Gasteiger partial charge is 0.327 e. The van der Waals surface area contributed by atoms with Crippen LogP contribution in [0, 0.1) is 0 Å². The van der Waals surface area contributed by atoms with E-state index < -0.39 is 0 Å². The lowest BCUT2D eigenvalue weighted by molar-refractivity contribution is 0.699. The Bertz CT molecular complexity index is 325. The van der Waals surface area contributed by atoms with Crippen LogP contribution in [-0.4, -0.2) is 6.54 Å². The van der Waals surface area contributed by atoms with E-state index in [2.05, 4.69) is 26.0 Å². The Hall–Kier alpha value is -1.15. The van der Waals surface area contributed by atoms with E-state index in [1.165, 1.54) is 5.56 Å². The van der Waals surface area contributed by atoms with E-state index in [9.17, 15) is 4.39 Å². The smallest absolute Gasteiger partial charge is 0.0875 e. The van der Waals surface area contributed by atoms with Crippen molar-refractivity contribution in [2.75, 3.05) is 6.54 Å². The van der Waals surface area contributed by atoms with E-state index in [1.807, 2.05) is 12.1 Å². The van der Waals surface area contributed by atoms with Crippen LogP contribution >= 0.6 is 0 Å². The van der Waals surface area contributed by atoms with Crippen LogP contribution in [0.15, 0.2) is 36.2 Å². The number of hydrogen-bond acceptors (Lipinski definition) is 1. The Kier molecular flexibility index (Phi) is 4.50. The van der Waals surface area contributed by atoms with Crippen LogP contribution in [0.5, 0.6) is 0 Å². The fourth-order valence-electron chi connectivity index (χ4n) is 1.44. The van der Waals surface area contributed by atoms with Crippen LogP contribution in [-0.2, 0) is 6.42 Å². The summed E-state index contributed by atoms with van der Waals surface area (Å²) in [5.41, 5.74) is 8.44. The average molecular weight is 207 g/mol. The molecule has 0 bridgehead atoms. The van der Waals surface area contributed by atoms with Crippen LogP contribution in [0.2, 0.25) is 0 Å². The summed E-state index contributed by atoms with van der Waals surface area (Å²) >= 11 is 0. The maximum absolute atomic E-state index is 12.3. The Morgan fingerprint density at radius 3 is 2.33 bits per heavy atom. The van der Waals surface area contributed by atoms with Gasteiger partial charge in [0, 0.05) is 6.54 Å². The molecule has 0 fully saturated rings. The molecular formula is C13H18FN. The lowest BCUT2D eigenvalue weighted by Crippen LogP contribution is -2.05. The van der Waals surface area contributed by atoms with Gasteiger partial charge in [0.05, 0.1) is 6.33 Å². The highest BCUT2D eigenvalue weighted by Gasteiger charge is 2.01. The molecular weight excluding hydrogens is 189 g/mol. The van der Waals surface area contributed by atoms with E-state index in [4.69, 9.17) is 5.73 Å². The average Bonchev–Trinajstić information content (AvgIpc) is 2.26. The van der Waals surface area contributed by atoms with E-state index in [0.717, 1.165) is 5.56 Å². The fourth-order valence-corrected chi connectivity index (χ4v) is 1.44. The molecule has 0 saturated heterocycles. The second kappa shape index (κ2) is 5.66. The highest BCUT2D eigenvalue weighted by molar-refractivity contribution is 5.27. The van der Waals surface area contributed by atoms with Gasteiger partial charge in [0.2, 0.25) is 0 Å². The number of halogens is 1. The van der Waals surface area contributed by atoms with Gasteiger partial charge in [0.25, 0.3) is 0 Å². The maximum atomic E-state index is 12.3. The minimum Gasteiger partial charge on any atom is -0.327 e. The SMILES string of the molecule is CC(C)c1ccc(C/C(=C\F)CN)cc1. The molecule has 1 rings (SSSR count). The minimum absolute atomic E-state index is 0.280. The fraction of sp³-hybridized carbons (Fsp3) is 0.385. The van der Waals surface area contributed by atoms with Crippen molar-refractivity contribution in [3.8, 4) is 0 Å². The molecule has 1 aromatic carbocycles. The highest BCUT2D eigenvalue weighted by atomic mass is 19.1. The van der Waals surface area contributed by atoms with Crippen molar-refractivity contribution in [2.45, 2.75) is 26.2 Å². The first-order chi connectivity index (χ1) is 7.17. The molecule has 0 unspecified atom stereocenters. The number of hydrogen-bond donors (Lipinski definition) is 1. The van der Waals surface area contributed by atoms with E-state index >= 15 is 0 Å². The lowest BCUT2D eigenvalue weighted by Gasteiger charge is -2.07. The van der Waals surface area contributed by atoms with Gasteiger partial charge in [-0.1, -0.05) is 38.1 Å². The van der Waals surface area contributed by atoms with Gasteiger partial charge in [-0.25, -0.2) is 4.39 Å². The third-order valence-corrected chi connectivity index (χ3v) is 2.49. The number of nitrogens with two attached hydrogens (primary N) is 1. The summed E-state index contributed by atoms with van der Waals surface area (Å²) < 4.78 is 12.3. The van der Waals surface area contributed by atoms with Crippen molar-refractivity contribution >= 4 is 0 Å². The number of rotatable bonds is 4. The molecule has 0 spiro atoms. The Morgan fingerprint density at radius 2 is 1.93 bits per heavy atom. The Labute approximate surface area is 90.8 Å². The Balaban J connectivity index is 2.72. The monoisotopic (exact) mass is 207 g/mol. The molecule has 0 aliphatic rings. The summed E-state index contributed by atoms with van der Waals surface area (Å²) in [6, 6.07) is 8.25. The van der Waals surface area contributed by atoms with Crippen LogP contribution in [0.4, 0.5) is 4.39 Å². The molecule has 15 heavy (non-hydrogen) atoms. The van der Waals surface area contributed by atoms with Crippen LogP contribution in [0.3, 0.4) is 0 Å². The molecule has 1 nitrogen and oxygen atoms in total. The molecule has 0 aliphatic heterocycles. The van der Waals surface area contributed by atoms with Crippen molar-refractivity contribution in [1.29, 1.82) is 0 Å².